The minimum Gasteiger partial charge on any atom is -0.378 e. The molecule has 1 aliphatic heterocycles. The second kappa shape index (κ2) is 8.05. The van der Waals surface area contributed by atoms with E-state index in [2.05, 4.69) is 15.3 Å². The molecule has 6 heteroatoms. The summed E-state index contributed by atoms with van der Waals surface area (Å²) in [7, 11) is 0. The van der Waals surface area contributed by atoms with Crippen LogP contribution in [0.2, 0.25) is 0 Å². The van der Waals surface area contributed by atoms with E-state index in [0.717, 1.165) is 43.2 Å². The summed E-state index contributed by atoms with van der Waals surface area (Å²) >= 11 is 0. The van der Waals surface area contributed by atoms with E-state index in [0.29, 0.717) is 12.1 Å². The summed E-state index contributed by atoms with van der Waals surface area (Å²) in [5, 5.41) is 7.30. The number of amides is 1. The normalized spacial score (nSPS) is 14.1. The first-order chi connectivity index (χ1) is 13.3. The largest absolute Gasteiger partial charge is 0.378 e. The zero-order valence-electron chi connectivity index (χ0n) is 15.0. The Labute approximate surface area is 158 Å². The number of anilines is 1. The summed E-state index contributed by atoms with van der Waals surface area (Å²) in [6, 6.07) is 17.6. The average molecular weight is 362 g/mol. The first-order valence-electron chi connectivity index (χ1n) is 9.09. The van der Waals surface area contributed by atoms with Gasteiger partial charge >= 0.3 is 0 Å². The Morgan fingerprint density at radius 2 is 1.74 bits per heavy atom. The first kappa shape index (κ1) is 17.3. The number of nitrogens with one attached hydrogen (secondary N) is 1. The van der Waals surface area contributed by atoms with Crippen molar-refractivity contribution < 1.29 is 9.53 Å². The number of rotatable bonds is 5. The van der Waals surface area contributed by atoms with Crippen LogP contribution in [0.1, 0.15) is 15.9 Å². The molecule has 0 radical (unpaired) electrons. The smallest absolute Gasteiger partial charge is 0.251 e. The number of ether oxygens (including phenoxy) is 1. The molecular formula is C21H22N4O2. The maximum Gasteiger partial charge on any atom is 0.251 e. The second-order valence-corrected chi connectivity index (χ2v) is 6.46. The average Bonchev–Trinajstić information content (AvgIpc) is 3.22. The van der Waals surface area contributed by atoms with E-state index in [1.807, 2.05) is 60.8 Å². The molecule has 0 aliphatic carbocycles. The van der Waals surface area contributed by atoms with Gasteiger partial charge < -0.3 is 15.0 Å². The first-order valence-corrected chi connectivity index (χ1v) is 9.09. The Hall–Kier alpha value is -3.12. The summed E-state index contributed by atoms with van der Waals surface area (Å²) < 4.78 is 7.18. The van der Waals surface area contributed by atoms with E-state index in [1.165, 1.54) is 0 Å². The monoisotopic (exact) mass is 362 g/mol. The highest BCUT2D eigenvalue weighted by molar-refractivity contribution is 5.94. The molecular weight excluding hydrogens is 340 g/mol. The Morgan fingerprint density at radius 3 is 2.48 bits per heavy atom. The number of para-hydroxylation sites is 1. The third-order valence-electron chi connectivity index (χ3n) is 4.62. The third kappa shape index (κ3) is 4.17. The van der Waals surface area contributed by atoms with Crippen LogP contribution < -0.4 is 10.2 Å². The van der Waals surface area contributed by atoms with Crippen LogP contribution in [0.25, 0.3) is 5.69 Å². The van der Waals surface area contributed by atoms with Gasteiger partial charge in [-0.25, -0.2) is 4.68 Å². The van der Waals surface area contributed by atoms with E-state index in [4.69, 9.17) is 4.74 Å². The Kier molecular flexibility index (Phi) is 5.16. The molecule has 1 amide bonds. The summed E-state index contributed by atoms with van der Waals surface area (Å²) in [6.45, 7) is 3.71. The standard InChI is InChI=1S/C21H22N4O2/c26-21(18-6-8-19(9-7-18)24-10-12-27-13-11-24)22-14-17-15-23-25(16-17)20-4-2-1-3-5-20/h1-9,15-16H,10-14H2,(H,22,26). The van der Waals surface area contributed by atoms with Crippen LogP contribution >= 0.6 is 0 Å². The van der Waals surface area contributed by atoms with Gasteiger partial charge in [0.2, 0.25) is 0 Å². The summed E-state index contributed by atoms with van der Waals surface area (Å²) in [5.41, 5.74) is 3.73. The molecule has 1 N–H and O–H groups in total. The Bertz CT molecular complexity index is 884. The minimum atomic E-state index is -0.0870. The molecule has 1 saturated heterocycles. The number of nitrogens with zero attached hydrogens (tertiary/aromatic N) is 3. The van der Waals surface area contributed by atoms with E-state index >= 15 is 0 Å². The van der Waals surface area contributed by atoms with Gasteiger partial charge in [-0.3, -0.25) is 4.79 Å². The molecule has 27 heavy (non-hydrogen) atoms. The van der Waals surface area contributed by atoms with Crippen molar-refractivity contribution in [2.24, 2.45) is 0 Å². The summed E-state index contributed by atoms with van der Waals surface area (Å²) in [5.74, 6) is -0.0870. The highest BCUT2D eigenvalue weighted by Crippen LogP contribution is 2.16. The van der Waals surface area contributed by atoms with Crippen molar-refractivity contribution in [3.63, 3.8) is 0 Å². The van der Waals surface area contributed by atoms with Crippen LogP contribution in [-0.2, 0) is 11.3 Å². The predicted molar refractivity (Wildman–Crippen MR) is 104 cm³/mol. The molecule has 2 aromatic carbocycles. The highest BCUT2D eigenvalue weighted by Gasteiger charge is 2.12. The molecule has 1 fully saturated rings. The van der Waals surface area contributed by atoms with Crippen molar-refractivity contribution in [2.45, 2.75) is 6.54 Å². The lowest BCUT2D eigenvalue weighted by atomic mass is 10.1. The van der Waals surface area contributed by atoms with Crippen LogP contribution in [0.15, 0.2) is 67.0 Å². The number of carbonyl (C=O) groups excluding carboxylic acids is 1. The predicted octanol–water partition coefficient (Wildman–Crippen LogP) is 2.64. The minimum absolute atomic E-state index is 0.0870. The number of aromatic nitrogens is 2. The zero-order valence-corrected chi connectivity index (χ0v) is 15.0. The molecule has 1 aromatic heterocycles. The molecule has 0 atom stereocenters. The fourth-order valence-electron chi connectivity index (χ4n) is 3.10. The molecule has 0 unspecified atom stereocenters. The van der Waals surface area contributed by atoms with Crippen molar-refractivity contribution in [1.29, 1.82) is 0 Å². The summed E-state index contributed by atoms with van der Waals surface area (Å²) in [6.07, 6.45) is 3.70. The fraction of sp³-hybridized carbons (Fsp3) is 0.238. The molecule has 0 bridgehead atoms. The number of morpholine rings is 1. The van der Waals surface area contributed by atoms with E-state index in [1.54, 1.807) is 10.9 Å². The number of hydrogen-bond donors (Lipinski definition) is 1. The van der Waals surface area contributed by atoms with Gasteiger partial charge in [-0.2, -0.15) is 5.10 Å². The molecule has 138 valence electrons. The van der Waals surface area contributed by atoms with Crippen LogP contribution in [0, 0.1) is 0 Å². The fourth-order valence-corrected chi connectivity index (χ4v) is 3.10. The van der Waals surface area contributed by atoms with Gasteiger partial charge in [0.25, 0.3) is 5.91 Å². The van der Waals surface area contributed by atoms with Crippen molar-refractivity contribution >= 4 is 11.6 Å². The molecule has 3 aromatic rings. The third-order valence-corrected chi connectivity index (χ3v) is 4.62. The lowest BCUT2D eigenvalue weighted by Crippen LogP contribution is -2.36. The van der Waals surface area contributed by atoms with Crippen molar-refractivity contribution in [3.8, 4) is 5.69 Å². The summed E-state index contributed by atoms with van der Waals surface area (Å²) in [4.78, 5) is 14.7. The van der Waals surface area contributed by atoms with Crippen LogP contribution in [-0.4, -0.2) is 42.0 Å². The van der Waals surface area contributed by atoms with Gasteiger partial charge in [0, 0.05) is 42.6 Å². The van der Waals surface area contributed by atoms with Gasteiger partial charge in [-0.05, 0) is 36.4 Å². The number of carbonyl (C=O) groups is 1. The topological polar surface area (TPSA) is 59.4 Å². The van der Waals surface area contributed by atoms with Gasteiger partial charge in [0.1, 0.15) is 0 Å². The van der Waals surface area contributed by atoms with E-state index < -0.39 is 0 Å². The molecule has 4 rings (SSSR count). The Morgan fingerprint density at radius 1 is 1.00 bits per heavy atom. The Balaban J connectivity index is 1.35. The zero-order chi connectivity index (χ0) is 18.5. The number of benzene rings is 2. The lowest BCUT2D eigenvalue weighted by Gasteiger charge is -2.28. The van der Waals surface area contributed by atoms with Crippen LogP contribution in [0.3, 0.4) is 0 Å². The molecule has 2 heterocycles. The quantitative estimate of drug-likeness (QED) is 0.758. The van der Waals surface area contributed by atoms with Crippen LogP contribution in [0.5, 0.6) is 0 Å². The highest BCUT2D eigenvalue weighted by atomic mass is 16.5. The van der Waals surface area contributed by atoms with Crippen molar-refractivity contribution in [1.82, 2.24) is 15.1 Å². The number of hydrogen-bond acceptors (Lipinski definition) is 4. The van der Waals surface area contributed by atoms with Gasteiger partial charge in [0.05, 0.1) is 25.1 Å². The van der Waals surface area contributed by atoms with Crippen molar-refractivity contribution in [3.05, 3.63) is 78.1 Å². The maximum absolute atomic E-state index is 12.4. The van der Waals surface area contributed by atoms with Gasteiger partial charge in [0.15, 0.2) is 0 Å². The molecule has 1 aliphatic rings. The second-order valence-electron chi connectivity index (χ2n) is 6.46. The van der Waals surface area contributed by atoms with E-state index in [-0.39, 0.29) is 5.91 Å². The SMILES string of the molecule is O=C(NCc1cnn(-c2ccccc2)c1)c1ccc(N2CCOCC2)cc1. The maximum atomic E-state index is 12.4. The van der Waals surface area contributed by atoms with Gasteiger partial charge in [-0.1, -0.05) is 18.2 Å². The van der Waals surface area contributed by atoms with Crippen LogP contribution in [0.4, 0.5) is 5.69 Å². The van der Waals surface area contributed by atoms with Crippen molar-refractivity contribution in [2.75, 3.05) is 31.2 Å². The molecule has 6 nitrogen and oxygen atoms in total. The van der Waals surface area contributed by atoms with E-state index in [9.17, 15) is 4.79 Å². The molecule has 0 spiro atoms. The molecule has 0 saturated carbocycles. The van der Waals surface area contributed by atoms with Gasteiger partial charge in [-0.15, -0.1) is 0 Å². The lowest BCUT2D eigenvalue weighted by molar-refractivity contribution is 0.0951.